The van der Waals surface area contributed by atoms with Gasteiger partial charge in [-0.05, 0) is 42.2 Å². The van der Waals surface area contributed by atoms with Gasteiger partial charge in [-0.25, -0.2) is 4.39 Å². The summed E-state index contributed by atoms with van der Waals surface area (Å²) in [5.41, 5.74) is 0.796. The van der Waals surface area contributed by atoms with Gasteiger partial charge in [-0.1, -0.05) is 29.8 Å². The largest absolute Gasteiger partial charge is 0.330 e. The average Bonchev–Trinajstić information content (AvgIpc) is 3.09. The molecule has 0 radical (unpaired) electrons. The number of ketones is 1. The molecular weight excluding hydrogens is 461 g/mol. The van der Waals surface area contributed by atoms with Gasteiger partial charge in [-0.15, -0.1) is 0 Å². The summed E-state index contributed by atoms with van der Waals surface area (Å²) >= 11 is 5.51. The fraction of sp³-hybridized carbons (Fsp3) is 0.304. The van der Waals surface area contributed by atoms with E-state index in [4.69, 9.17) is 11.6 Å². The summed E-state index contributed by atoms with van der Waals surface area (Å²) < 4.78 is 42.5. The van der Waals surface area contributed by atoms with E-state index in [1.807, 2.05) is 0 Å². The molecule has 1 saturated heterocycles. The van der Waals surface area contributed by atoms with Gasteiger partial charge in [-0.3, -0.25) is 24.5 Å². The number of piperidine rings is 1. The van der Waals surface area contributed by atoms with Crippen molar-refractivity contribution < 1.29 is 32.3 Å². The summed E-state index contributed by atoms with van der Waals surface area (Å²) in [5, 5.41) is 1.90. The van der Waals surface area contributed by atoms with E-state index in [2.05, 4.69) is 5.32 Å². The Morgan fingerprint density at radius 2 is 1.91 bits per heavy atom. The van der Waals surface area contributed by atoms with Crippen LogP contribution in [0.3, 0.4) is 0 Å². The topological polar surface area (TPSA) is 83.6 Å². The number of Topliss-reactive ketones (excluding diaryl/α,β-unsaturated/α-hetero) is 1. The van der Waals surface area contributed by atoms with Gasteiger partial charge in [0.05, 0.1) is 5.02 Å². The lowest BCUT2D eigenvalue weighted by Gasteiger charge is -2.29. The Labute approximate surface area is 191 Å². The Kier molecular flexibility index (Phi) is 6.00. The molecule has 2 heterocycles. The Balaban J connectivity index is 1.44. The zero-order valence-corrected chi connectivity index (χ0v) is 17.9. The van der Waals surface area contributed by atoms with Crippen LogP contribution in [0.15, 0.2) is 36.4 Å². The van der Waals surface area contributed by atoms with Crippen LogP contribution in [0.2, 0.25) is 5.02 Å². The van der Waals surface area contributed by atoms with E-state index < -0.39 is 41.5 Å². The quantitative estimate of drug-likeness (QED) is 0.644. The maximum absolute atomic E-state index is 14.5. The van der Waals surface area contributed by atoms with E-state index >= 15 is 0 Å². The van der Waals surface area contributed by atoms with Crippen LogP contribution >= 0.6 is 11.6 Å². The highest BCUT2D eigenvalue weighted by molar-refractivity contribution is 6.30. The highest BCUT2D eigenvalue weighted by atomic mass is 35.5. The number of fused-ring (bicyclic) bond motifs is 1. The first-order valence-electron chi connectivity index (χ1n) is 10.2. The number of halogens is 4. The minimum Gasteiger partial charge on any atom is -0.322 e. The minimum atomic E-state index is -3.87. The molecule has 1 fully saturated rings. The molecule has 1 N–H and O–H groups in total. The maximum atomic E-state index is 14.5. The molecule has 2 aromatic carbocycles. The van der Waals surface area contributed by atoms with Crippen LogP contribution in [0.5, 0.6) is 0 Å². The van der Waals surface area contributed by atoms with Gasteiger partial charge >= 0.3 is 5.92 Å². The Hall–Kier alpha value is -3.20. The van der Waals surface area contributed by atoms with Gasteiger partial charge in [0.25, 0.3) is 5.91 Å². The van der Waals surface area contributed by atoms with E-state index in [0.717, 1.165) is 12.1 Å². The smallest absolute Gasteiger partial charge is 0.322 e. The summed E-state index contributed by atoms with van der Waals surface area (Å²) in [7, 11) is 0. The molecule has 4 rings (SSSR count). The third-order valence-electron chi connectivity index (χ3n) is 5.86. The highest BCUT2D eigenvalue weighted by Gasteiger charge is 2.41. The van der Waals surface area contributed by atoms with Crippen molar-refractivity contribution in [3.63, 3.8) is 0 Å². The van der Waals surface area contributed by atoms with E-state index in [1.54, 1.807) is 12.1 Å². The molecule has 2 aromatic rings. The molecule has 0 spiro atoms. The molecule has 10 heteroatoms. The first kappa shape index (κ1) is 23.0. The first-order chi connectivity index (χ1) is 15.6. The molecule has 3 amide bonds. The van der Waals surface area contributed by atoms with Crippen LogP contribution in [0, 0.1) is 5.82 Å². The molecule has 0 saturated carbocycles. The van der Waals surface area contributed by atoms with Crippen molar-refractivity contribution in [2.45, 2.75) is 44.2 Å². The van der Waals surface area contributed by atoms with Crippen LogP contribution < -0.4 is 5.32 Å². The highest BCUT2D eigenvalue weighted by Crippen LogP contribution is 2.33. The van der Waals surface area contributed by atoms with Crippen molar-refractivity contribution in [2.75, 3.05) is 0 Å². The fourth-order valence-corrected chi connectivity index (χ4v) is 4.17. The zero-order valence-electron chi connectivity index (χ0n) is 17.2. The van der Waals surface area contributed by atoms with Gasteiger partial charge in [0, 0.05) is 30.5 Å². The molecule has 0 aliphatic carbocycles. The number of carbonyl (C=O) groups excluding carboxylic acids is 4. The number of aryl methyl sites for hydroxylation is 1. The summed E-state index contributed by atoms with van der Waals surface area (Å²) in [4.78, 5) is 49.8. The van der Waals surface area contributed by atoms with Crippen LogP contribution in [0.25, 0.3) is 0 Å². The van der Waals surface area contributed by atoms with Gasteiger partial charge in [0.2, 0.25) is 17.6 Å². The molecule has 1 atom stereocenters. The summed E-state index contributed by atoms with van der Waals surface area (Å²) in [6.07, 6.45) is -0.146. The second-order valence-corrected chi connectivity index (χ2v) is 8.43. The lowest BCUT2D eigenvalue weighted by atomic mass is 9.97. The van der Waals surface area contributed by atoms with Crippen molar-refractivity contribution in [2.24, 2.45) is 0 Å². The summed E-state index contributed by atoms with van der Waals surface area (Å²) in [6.45, 7) is 0.141. The summed E-state index contributed by atoms with van der Waals surface area (Å²) in [6, 6.07) is 6.42. The van der Waals surface area contributed by atoms with Crippen molar-refractivity contribution in [1.82, 2.24) is 10.2 Å². The van der Waals surface area contributed by atoms with Gasteiger partial charge < -0.3 is 4.90 Å². The van der Waals surface area contributed by atoms with E-state index in [9.17, 15) is 32.3 Å². The Bertz CT molecular complexity index is 1180. The second-order valence-electron chi connectivity index (χ2n) is 8.02. The van der Waals surface area contributed by atoms with E-state index in [0.29, 0.717) is 22.8 Å². The van der Waals surface area contributed by atoms with Gasteiger partial charge in [0.15, 0.2) is 0 Å². The predicted molar refractivity (Wildman–Crippen MR) is 111 cm³/mol. The van der Waals surface area contributed by atoms with Gasteiger partial charge in [0.1, 0.15) is 11.9 Å². The minimum absolute atomic E-state index is 0.00954. The molecule has 33 heavy (non-hydrogen) atoms. The van der Waals surface area contributed by atoms with Crippen molar-refractivity contribution in [3.8, 4) is 0 Å². The standard InChI is InChI=1S/C23H18ClF3N2O4/c24-16-5-3-14(10-17(16)25)23(26,27)19(30)7-2-12-1-4-15-13(9-12)11-29(22(15)33)18-6-8-20(31)28-21(18)32/h1,3-5,9-10,18H,2,6-8,11H2,(H,28,31,32). The lowest BCUT2D eigenvalue weighted by molar-refractivity contribution is -0.144. The zero-order chi connectivity index (χ0) is 23.9. The molecule has 1 unspecified atom stereocenters. The summed E-state index contributed by atoms with van der Waals surface area (Å²) in [5.74, 6) is -7.54. The number of hydrogen-bond donors (Lipinski definition) is 1. The number of nitrogens with one attached hydrogen (secondary N) is 1. The first-order valence-corrected chi connectivity index (χ1v) is 10.6. The van der Waals surface area contributed by atoms with E-state index in [1.165, 1.54) is 11.0 Å². The number of amides is 3. The number of rotatable bonds is 6. The molecule has 172 valence electrons. The molecular formula is C23H18ClF3N2O4. The fourth-order valence-electron chi connectivity index (χ4n) is 4.05. The SMILES string of the molecule is O=C1CCC(N2Cc3cc(CCC(=O)C(F)(F)c4ccc(Cl)c(F)c4)ccc3C2=O)C(=O)N1. The number of nitrogens with zero attached hydrogens (tertiary/aromatic N) is 1. The van der Waals surface area contributed by atoms with Gasteiger partial charge in [-0.2, -0.15) is 8.78 Å². The normalized spacial score (nSPS) is 18.4. The van der Waals surface area contributed by atoms with Crippen LogP contribution in [0.4, 0.5) is 13.2 Å². The van der Waals surface area contributed by atoms with Crippen molar-refractivity contribution >= 4 is 35.1 Å². The monoisotopic (exact) mass is 478 g/mol. The number of imide groups is 1. The van der Waals surface area contributed by atoms with Crippen molar-refractivity contribution in [1.29, 1.82) is 0 Å². The molecule has 0 bridgehead atoms. The van der Waals surface area contributed by atoms with Crippen LogP contribution in [0.1, 0.15) is 46.3 Å². The number of alkyl halides is 2. The Morgan fingerprint density at radius 1 is 1.15 bits per heavy atom. The van der Waals surface area contributed by atoms with Crippen LogP contribution in [-0.2, 0) is 33.3 Å². The number of hydrogen-bond acceptors (Lipinski definition) is 4. The molecule has 0 aromatic heterocycles. The predicted octanol–water partition coefficient (Wildman–Crippen LogP) is 3.53. The number of benzene rings is 2. The van der Waals surface area contributed by atoms with Crippen LogP contribution in [-0.4, -0.2) is 34.4 Å². The average molecular weight is 479 g/mol. The third kappa shape index (κ3) is 4.37. The second kappa shape index (κ2) is 8.62. The lowest BCUT2D eigenvalue weighted by Crippen LogP contribution is -2.52. The Morgan fingerprint density at radius 3 is 2.61 bits per heavy atom. The van der Waals surface area contributed by atoms with Crippen molar-refractivity contribution in [3.05, 3.63) is 69.5 Å². The third-order valence-corrected chi connectivity index (χ3v) is 6.17. The maximum Gasteiger partial charge on any atom is 0.330 e. The molecule has 6 nitrogen and oxygen atoms in total. The molecule has 2 aliphatic rings. The molecule has 2 aliphatic heterocycles. The van der Waals surface area contributed by atoms with E-state index in [-0.39, 0.29) is 42.6 Å². The number of carbonyl (C=O) groups is 4.